The number of aromatic nitrogens is 4. The predicted molar refractivity (Wildman–Crippen MR) is 211 cm³/mol. The van der Waals surface area contributed by atoms with Crippen LogP contribution in [0.3, 0.4) is 0 Å². The van der Waals surface area contributed by atoms with Crippen molar-refractivity contribution in [2.24, 2.45) is 5.92 Å². The number of rotatable bonds is 24. The van der Waals surface area contributed by atoms with E-state index in [2.05, 4.69) is 52.3 Å². The summed E-state index contributed by atoms with van der Waals surface area (Å²) in [7, 11) is 3.02. The number of nitrogen functional groups attached to an aromatic ring is 1. The molecule has 19 nitrogen and oxygen atoms in total. The number of carbonyl (C=O) groups is 3. The molecule has 3 aliphatic rings. The summed E-state index contributed by atoms with van der Waals surface area (Å²) < 4.78 is 28.3. The van der Waals surface area contributed by atoms with Gasteiger partial charge in [-0.3, -0.25) is 14.5 Å². The molecule has 5 heterocycles. The molecule has 4 unspecified atom stereocenters. The molecule has 2 aromatic rings. The van der Waals surface area contributed by atoms with E-state index in [9.17, 15) is 19.5 Å². The summed E-state index contributed by atoms with van der Waals surface area (Å²) in [6.07, 6.45) is 3.87. The Morgan fingerprint density at radius 3 is 2.36 bits per heavy atom. The van der Waals surface area contributed by atoms with Crippen molar-refractivity contribution in [3.05, 3.63) is 18.7 Å². The second-order valence-corrected chi connectivity index (χ2v) is 15.4. The third-order valence-electron chi connectivity index (χ3n) is 9.42. The predicted octanol–water partition coefficient (Wildman–Crippen LogP) is 1.74. The number of nitrogens with zero attached hydrogens (tertiary/aromatic N) is 6. The molecule has 6 N–H and O–H groups in total. The number of carbonyl (C=O) groups excluding carboxylic acids is 2. The maximum Gasteiger partial charge on any atom is 0.315 e. The zero-order valence-electron chi connectivity index (χ0n) is 31.8. The van der Waals surface area contributed by atoms with Crippen LogP contribution in [0, 0.1) is 5.92 Å². The van der Waals surface area contributed by atoms with Gasteiger partial charge in [0, 0.05) is 56.4 Å². The van der Waals surface area contributed by atoms with Crippen molar-refractivity contribution < 1.29 is 43.2 Å². The number of fused-ring (bicyclic) bond motifs is 1. The molecule has 3 saturated heterocycles. The van der Waals surface area contributed by atoms with Crippen LogP contribution in [-0.2, 0) is 23.8 Å². The monoisotopic (exact) mass is 820 g/mol. The van der Waals surface area contributed by atoms with E-state index in [4.69, 9.17) is 29.4 Å². The molecule has 0 aliphatic carbocycles. The van der Waals surface area contributed by atoms with Gasteiger partial charge in [-0.1, -0.05) is 13.0 Å². The minimum atomic E-state index is -0.798. The normalized spacial score (nSPS) is 19.9. The van der Waals surface area contributed by atoms with E-state index in [0.29, 0.717) is 81.7 Å². The molecule has 5 rings (SSSR count). The van der Waals surface area contributed by atoms with Crippen LogP contribution in [0.4, 0.5) is 22.4 Å². The molecule has 0 radical (unpaired) electrons. The van der Waals surface area contributed by atoms with Gasteiger partial charge >= 0.3 is 12.0 Å². The third-order valence-corrected chi connectivity index (χ3v) is 11.9. The highest BCUT2D eigenvalue weighted by atomic mass is 32.2. The smallest absolute Gasteiger partial charge is 0.315 e. The Morgan fingerprint density at radius 1 is 1.02 bits per heavy atom. The van der Waals surface area contributed by atoms with Gasteiger partial charge in [0.1, 0.15) is 16.5 Å². The number of hydrogen-bond acceptors (Lipinski definition) is 17. The fourth-order valence-corrected chi connectivity index (χ4v) is 8.91. The van der Waals surface area contributed by atoms with Gasteiger partial charge in [-0.2, -0.15) is 21.7 Å². The lowest BCUT2D eigenvalue weighted by Gasteiger charge is -2.34. The summed E-state index contributed by atoms with van der Waals surface area (Å²) in [5.74, 6) is 0.656. The summed E-state index contributed by atoms with van der Waals surface area (Å²) in [5, 5.41) is 18.7. The number of piperazine rings is 1. The zero-order valence-corrected chi connectivity index (χ0v) is 33.4. The number of carboxylic acid groups (broad SMARTS) is 1. The van der Waals surface area contributed by atoms with Gasteiger partial charge < -0.3 is 55.4 Å². The number of thioether (sulfide) groups is 1. The number of nitrogens with two attached hydrogens (primary N) is 1. The van der Waals surface area contributed by atoms with Crippen LogP contribution in [0.25, 0.3) is 0 Å². The lowest BCUT2D eigenvalue weighted by Crippen LogP contribution is -2.48. The Balaban J connectivity index is 0.922. The van der Waals surface area contributed by atoms with Crippen LogP contribution >= 0.6 is 23.5 Å². The van der Waals surface area contributed by atoms with E-state index in [1.807, 2.05) is 11.8 Å². The van der Waals surface area contributed by atoms with Crippen LogP contribution < -0.4 is 36.1 Å². The topological polar surface area (TPSA) is 238 Å². The van der Waals surface area contributed by atoms with Gasteiger partial charge in [0.25, 0.3) is 0 Å². The molecule has 0 bridgehead atoms. The summed E-state index contributed by atoms with van der Waals surface area (Å²) >= 11 is 2.94. The van der Waals surface area contributed by atoms with Gasteiger partial charge in [0.05, 0.1) is 65.3 Å². The maximum absolute atomic E-state index is 11.8. The summed E-state index contributed by atoms with van der Waals surface area (Å²) in [6.45, 7) is 9.82. The standard InChI is InChI=1S/C35H52N10O9S2/c1-4-27(46)39-26-20-25(36)38-35(40-26)56-29-30(50-2)42-33(43-31(29)51-3)45-11-9-44(10-12-45)13-15-53-17-19-54-18-16-52-14-8-22(32(47)48)6-5-7-24-28-23(21-55-24)37-34(49)41-28/h4,20,22-24,28H,1,5-19,21H2,2-3H3,(H,47,48)(H2,37,41,49)(H3,36,38,39,40,46). The Kier molecular flexibility index (Phi) is 16.9. The highest BCUT2D eigenvalue weighted by Crippen LogP contribution is 2.40. The SMILES string of the molecule is C=CC(=O)Nc1cc(N)nc(Sc2c(OC)nc(N3CCN(CCOCCOCCOCCC(CCCC4SCC5NC(=O)NC54)C(=O)O)CC3)nc2OC)n1. The fraction of sp³-hybridized carbons (Fsp3) is 0.629. The van der Waals surface area contributed by atoms with Crippen molar-refractivity contribution in [3.63, 3.8) is 0 Å². The molecular weight excluding hydrogens is 769 g/mol. The lowest BCUT2D eigenvalue weighted by molar-refractivity contribution is -0.142. The largest absolute Gasteiger partial charge is 0.481 e. The number of ether oxygens (including phenoxy) is 5. The van der Waals surface area contributed by atoms with Gasteiger partial charge in [-0.15, -0.1) is 0 Å². The molecule has 308 valence electrons. The summed E-state index contributed by atoms with van der Waals surface area (Å²) in [5.41, 5.74) is 5.94. The number of amides is 3. The Morgan fingerprint density at radius 2 is 1.70 bits per heavy atom. The molecule has 4 atom stereocenters. The Hall–Kier alpha value is -4.15. The van der Waals surface area contributed by atoms with E-state index in [0.717, 1.165) is 56.1 Å². The van der Waals surface area contributed by atoms with Gasteiger partial charge in [-0.05, 0) is 37.1 Å². The first kappa shape index (κ1) is 43.0. The second kappa shape index (κ2) is 22.0. The van der Waals surface area contributed by atoms with Crippen LogP contribution in [0.1, 0.15) is 25.7 Å². The van der Waals surface area contributed by atoms with E-state index in [1.165, 1.54) is 20.3 Å². The Labute approximate surface area is 334 Å². The number of nitrogens with one attached hydrogen (secondary N) is 3. The average Bonchev–Trinajstić information content (AvgIpc) is 3.74. The van der Waals surface area contributed by atoms with Crippen LogP contribution in [0.15, 0.2) is 28.8 Å². The maximum atomic E-state index is 11.8. The van der Waals surface area contributed by atoms with Crippen molar-refractivity contribution in [1.29, 1.82) is 0 Å². The molecule has 0 spiro atoms. The average molecular weight is 821 g/mol. The summed E-state index contributed by atoms with van der Waals surface area (Å²) in [6, 6.07) is 1.65. The minimum Gasteiger partial charge on any atom is -0.481 e. The van der Waals surface area contributed by atoms with Crippen molar-refractivity contribution in [3.8, 4) is 11.8 Å². The van der Waals surface area contributed by atoms with Crippen molar-refractivity contribution in [1.82, 2.24) is 35.5 Å². The second-order valence-electron chi connectivity index (χ2n) is 13.2. The first-order chi connectivity index (χ1) is 27.2. The quantitative estimate of drug-likeness (QED) is 0.0439. The molecule has 3 aliphatic heterocycles. The highest BCUT2D eigenvalue weighted by Gasteiger charge is 2.42. The van der Waals surface area contributed by atoms with Crippen LogP contribution in [-0.4, -0.2) is 158 Å². The molecule has 3 amide bonds. The molecule has 21 heteroatoms. The number of methoxy groups -OCH3 is 2. The number of hydrogen-bond donors (Lipinski definition) is 5. The minimum absolute atomic E-state index is 0.107. The van der Waals surface area contributed by atoms with Crippen LogP contribution in [0.2, 0.25) is 0 Å². The van der Waals surface area contributed by atoms with Gasteiger partial charge in [-0.25, -0.2) is 14.8 Å². The number of aliphatic carboxylic acids is 1. The van der Waals surface area contributed by atoms with E-state index in [-0.39, 0.29) is 46.7 Å². The first-order valence-corrected chi connectivity index (χ1v) is 20.4. The fourth-order valence-electron chi connectivity index (χ4n) is 6.46. The highest BCUT2D eigenvalue weighted by molar-refractivity contribution is 8.00. The van der Waals surface area contributed by atoms with E-state index >= 15 is 0 Å². The van der Waals surface area contributed by atoms with Gasteiger partial charge in [0.15, 0.2) is 5.16 Å². The number of anilines is 3. The molecule has 3 fully saturated rings. The molecule has 0 aromatic carbocycles. The molecule has 2 aromatic heterocycles. The zero-order chi connectivity index (χ0) is 39.9. The Bertz CT molecular complexity index is 1610. The van der Waals surface area contributed by atoms with Crippen molar-refractivity contribution in [2.45, 2.75) is 53.1 Å². The lowest BCUT2D eigenvalue weighted by atomic mass is 9.96. The van der Waals surface area contributed by atoms with Crippen LogP contribution in [0.5, 0.6) is 11.8 Å². The van der Waals surface area contributed by atoms with Crippen molar-refractivity contribution >= 4 is 59.0 Å². The molecule has 0 saturated carbocycles. The molecular formula is C35H52N10O9S2. The number of carboxylic acids is 1. The first-order valence-electron chi connectivity index (χ1n) is 18.5. The number of urea groups is 1. The van der Waals surface area contributed by atoms with E-state index in [1.54, 1.807) is 0 Å². The van der Waals surface area contributed by atoms with Crippen molar-refractivity contribution in [2.75, 3.05) is 108 Å². The van der Waals surface area contributed by atoms with E-state index < -0.39 is 17.8 Å². The third kappa shape index (κ3) is 12.7. The van der Waals surface area contributed by atoms with Gasteiger partial charge in [0.2, 0.25) is 23.6 Å². The molecule has 56 heavy (non-hydrogen) atoms. The summed E-state index contributed by atoms with van der Waals surface area (Å²) in [4.78, 5) is 57.8.